The molecule has 9 heteroatoms. The first kappa shape index (κ1) is 26.0. The number of amides is 1. The van der Waals surface area contributed by atoms with Crippen LogP contribution in [0.5, 0.6) is 11.5 Å². The Morgan fingerprint density at radius 2 is 1.90 bits per heavy atom. The van der Waals surface area contributed by atoms with Gasteiger partial charge in [-0.3, -0.25) is 9.59 Å². The Morgan fingerprint density at radius 3 is 2.66 bits per heavy atom. The molecule has 2 atom stereocenters. The number of pyridine rings is 1. The van der Waals surface area contributed by atoms with Crippen molar-refractivity contribution in [2.45, 2.75) is 44.2 Å². The number of aliphatic hydroxyl groups excluding tert-OH is 1. The standard InChI is InChI=1S/C32H33FN4O4/c1-35-12-4-8-21(35)10-11-34-32(40)24-18-37-26-14-19-6-2-3-7-20(19)15-27(26)41-31-28(37)23(30(24)39)16-25(33)29(31)36-13-5-9-22(38)17-36/h2-3,6-7,14-16,18,21-22,38H,4-5,8-13,17H2,1H3,(H,34,40). The normalized spacial score (nSPS) is 20.3. The van der Waals surface area contributed by atoms with Crippen molar-refractivity contribution in [2.24, 2.45) is 0 Å². The number of nitrogens with one attached hydrogen (secondary N) is 1. The van der Waals surface area contributed by atoms with E-state index in [1.807, 2.05) is 36.4 Å². The average Bonchev–Trinajstić information content (AvgIpc) is 3.37. The van der Waals surface area contributed by atoms with Gasteiger partial charge in [-0.1, -0.05) is 24.3 Å². The van der Waals surface area contributed by atoms with E-state index in [1.54, 1.807) is 15.7 Å². The number of rotatable bonds is 5. The van der Waals surface area contributed by atoms with E-state index in [4.69, 9.17) is 4.74 Å². The van der Waals surface area contributed by atoms with E-state index in [1.165, 1.54) is 6.07 Å². The third-order valence-corrected chi connectivity index (χ3v) is 8.86. The zero-order valence-electron chi connectivity index (χ0n) is 23.0. The summed E-state index contributed by atoms with van der Waals surface area (Å²) in [7, 11) is 2.09. The van der Waals surface area contributed by atoms with E-state index in [2.05, 4.69) is 17.3 Å². The Bertz CT molecular complexity index is 1750. The summed E-state index contributed by atoms with van der Waals surface area (Å²) in [5.74, 6) is -0.358. The number of nitrogens with zero attached hydrogens (tertiary/aromatic N) is 3. The number of carbonyl (C=O) groups excluding carboxylic acids is 1. The number of fused-ring (bicyclic) bond motifs is 3. The minimum atomic E-state index is -0.615. The molecule has 3 aromatic carbocycles. The van der Waals surface area contributed by atoms with Crippen molar-refractivity contribution in [3.8, 4) is 17.2 Å². The Hall–Kier alpha value is -3.95. The lowest BCUT2D eigenvalue weighted by molar-refractivity contribution is 0.0948. The highest BCUT2D eigenvalue weighted by atomic mass is 19.1. The van der Waals surface area contributed by atoms with Crippen molar-refractivity contribution >= 4 is 33.3 Å². The first-order chi connectivity index (χ1) is 19.9. The molecule has 0 radical (unpaired) electrons. The minimum absolute atomic E-state index is 0.0372. The first-order valence-electron chi connectivity index (χ1n) is 14.4. The first-order valence-corrected chi connectivity index (χ1v) is 14.4. The van der Waals surface area contributed by atoms with Crippen LogP contribution in [0.2, 0.25) is 0 Å². The molecule has 2 N–H and O–H groups in total. The van der Waals surface area contributed by atoms with Crippen LogP contribution in [-0.2, 0) is 0 Å². The van der Waals surface area contributed by atoms with Crippen LogP contribution in [0.25, 0.3) is 27.4 Å². The van der Waals surface area contributed by atoms with Crippen molar-refractivity contribution in [1.29, 1.82) is 0 Å². The number of piperidine rings is 1. The lowest BCUT2D eigenvalue weighted by atomic mass is 10.0. The van der Waals surface area contributed by atoms with Crippen LogP contribution < -0.4 is 20.4 Å². The average molecular weight is 557 g/mol. The number of aliphatic hydroxyl groups is 1. The number of likely N-dealkylation sites (tertiary alicyclic amines) is 1. The molecule has 1 amide bonds. The van der Waals surface area contributed by atoms with Gasteiger partial charge >= 0.3 is 0 Å². The van der Waals surface area contributed by atoms with Gasteiger partial charge in [-0.25, -0.2) is 4.39 Å². The van der Waals surface area contributed by atoms with Gasteiger partial charge in [-0.05, 0) is 74.7 Å². The molecule has 0 saturated carbocycles. The fourth-order valence-corrected chi connectivity index (χ4v) is 6.70. The van der Waals surface area contributed by atoms with Crippen molar-refractivity contribution in [1.82, 2.24) is 14.8 Å². The number of hydrogen-bond donors (Lipinski definition) is 2. The van der Waals surface area contributed by atoms with E-state index in [0.29, 0.717) is 48.9 Å². The molecule has 0 bridgehead atoms. The number of benzene rings is 3. The molecule has 7 rings (SSSR count). The molecule has 212 valence electrons. The second-order valence-electron chi connectivity index (χ2n) is 11.5. The lowest BCUT2D eigenvalue weighted by Crippen LogP contribution is -2.39. The molecule has 3 aliphatic heterocycles. The summed E-state index contributed by atoms with van der Waals surface area (Å²) in [6.07, 6.45) is 5.39. The molecule has 41 heavy (non-hydrogen) atoms. The number of hydrogen-bond acceptors (Lipinski definition) is 6. The molecule has 2 fully saturated rings. The van der Waals surface area contributed by atoms with Crippen LogP contribution in [0.3, 0.4) is 0 Å². The summed E-state index contributed by atoms with van der Waals surface area (Å²) in [6.45, 7) is 2.33. The van der Waals surface area contributed by atoms with E-state index < -0.39 is 23.3 Å². The zero-order valence-corrected chi connectivity index (χ0v) is 23.0. The van der Waals surface area contributed by atoms with E-state index in [0.717, 1.165) is 36.6 Å². The largest absolute Gasteiger partial charge is 0.451 e. The van der Waals surface area contributed by atoms with Gasteiger partial charge in [0.15, 0.2) is 17.3 Å². The highest BCUT2D eigenvalue weighted by Crippen LogP contribution is 2.48. The Balaban J connectivity index is 1.37. The topological polar surface area (TPSA) is 87.0 Å². The van der Waals surface area contributed by atoms with Gasteiger partial charge in [0.25, 0.3) is 5.91 Å². The van der Waals surface area contributed by atoms with Gasteiger partial charge in [-0.2, -0.15) is 0 Å². The maximum atomic E-state index is 15.9. The summed E-state index contributed by atoms with van der Waals surface area (Å²) in [5.41, 5.74) is 0.730. The molecule has 4 aromatic rings. The van der Waals surface area contributed by atoms with Gasteiger partial charge < -0.3 is 29.5 Å². The second kappa shape index (κ2) is 10.2. The molecular weight excluding hydrogens is 523 g/mol. The fourth-order valence-electron chi connectivity index (χ4n) is 6.70. The number of ether oxygens (including phenoxy) is 1. The summed E-state index contributed by atoms with van der Waals surface area (Å²) in [4.78, 5) is 31.2. The molecular formula is C32H33FN4O4. The Kier molecular flexibility index (Phi) is 6.43. The van der Waals surface area contributed by atoms with Gasteiger partial charge in [0.1, 0.15) is 16.8 Å². The van der Waals surface area contributed by atoms with Crippen LogP contribution in [0.4, 0.5) is 10.1 Å². The zero-order chi connectivity index (χ0) is 28.2. The predicted octanol–water partition coefficient (Wildman–Crippen LogP) is 4.56. The maximum absolute atomic E-state index is 15.9. The predicted molar refractivity (Wildman–Crippen MR) is 157 cm³/mol. The summed E-state index contributed by atoms with van der Waals surface area (Å²) in [5, 5.41) is 15.3. The number of halogens is 1. The van der Waals surface area contributed by atoms with Crippen molar-refractivity contribution < 1.29 is 19.0 Å². The second-order valence-corrected chi connectivity index (χ2v) is 11.5. The molecule has 0 aliphatic carbocycles. The quantitative estimate of drug-likeness (QED) is 0.330. The van der Waals surface area contributed by atoms with Crippen molar-refractivity contribution in [3.05, 3.63) is 70.3 Å². The van der Waals surface area contributed by atoms with Crippen LogP contribution in [0.1, 0.15) is 42.5 Å². The summed E-state index contributed by atoms with van der Waals surface area (Å²) in [6, 6.07) is 13.3. The van der Waals surface area contributed by atoms with Crippen LogP contribution >= 0.6 is 0 Å². The lowest BCUT2D eigenvalue weighted by Gasteiger charge is -2.35. The highest BCUT2D eigenvalue weighted by molar-refractivity contribution is 6.02. The van der Waals surface area contributed by atoms with Crippen LogP contribution in [-0.4, -0.2) is 65.9 Å². The van der Waals surface area contributed by atoms with Crippen molar-refractivity contribution in [3.63, 3.8) is 0 Å². The monoisotopic (exact) mass is 556 g/mol. The smallest absolute Gasteiger partial charge is 0.256 e. The molecule has 2 saturated heterocycles. The van der Waals surface area contributed by atoms with Gasteiger partial charge in [-0.15, -0.1) is 0 Å². The molecule has 4 heterocycles. The van der Waals surface area contributed by atoms with E-state index >= 15 is 4.39 Å². The third-order valence-electron chi connectivity index (χ3n) is 8.86. The van der Waals surface area contributed by atoms with Gasteiger partial charge in [0.05, 0.1) is 17.2 Å². The molecule has 3 aliphatic rings. The number of anilines is 1. The summed E-state index contributed by atoms with van der Waals surface area (Å²) < 4.78 is 24.1. The molecule has 2 unspecified atom stereocenters. The van der Waals surface area contributed by atoms with Crippen LogP contribution in [0.15, 0.2) is 53.5 Å². The number of aromatic nitrogens is 1. The Labute approximate surface area is 236 Å². The third kappa shape index (κ3) is 4.44. The fraction of sp³-hybridized carbons (Fsp3) is 0.375. The van der Waals surface area contributed by atoms with Crippen molar-refractivity contribution in [2.75, 3.05) is 38.1 Å². The molecule has 0 spiro atoms. The van der Waals surface area contributed by atoms with Crippen LogP contribution in [0, 0.1) is 5.82 Å². The van der Waals surface area contributed by atoms with E-state index in [9.17, 15) is 14.7 Å². The minimum Gasteiger partial charge on any atom is -0.451 e. The SMILES string of the molecule is CN1CCCC1CCNC(=O)c1cn2c3c(c(N4CCCC(O)C4)c(F)cc3c1=O)Oc1cc3ccccc3cc1-2. The summed E-state index contributed by atoms with van der Waals surface area (Å²) >= 11 is 0. The van der Waals surface area contributed by atoms with E-state index in [-0.39, 0.29) is 28.9 Å². The molecule has 8 nitrogen and oxygen atoms in total. The van der Waals surface area contributed by atoms with Gasteiger partial charge in [0.2, 0.25) is 5.43 Å². The number of β-amino-alcohol motifs (C(OH)–C–C–N with tert-alkyl or cyclic N) is 1. The Morgan fingerprint density at radius 1 is 1.12 bits per heavy atom. The maximum Gasteiger partial charge on any atom is 0.256 e. The highest BCUT2D eigenvalue weighted by Gasteiger charge is 2.32. The number of carbonyl (C=O) groups is 1. The van der Waals surface area contributed by atoms with Gasteiger partial charge in [0, 0.05) is 31.9 Å². The molecule has 1 aromatic heterocycles.